The van der Waals surface area contributed by atoms with E-state index < -0.39 is 23.1 Å². The van der Waals surface area contributed by atoms with Gasteiger partial charge in [-0.2, -0.15) is 0 Å². The van der Waals surface area contributed by atoms with Crippen molar-refractivity contribution >= 4 is 12.0 Å². The number of amides is 2. The topological polar surface area (TPSA) is 87.7 Å². The lowest BCUT2D eigenvalue weighted by Crippen LogP contribution is -2.57. The maximum absolute atomic E-state index is 13.7. The maximum Gasteiger partial charge on any atom is 0.407 e. The van der Waals surface area contributed by atoms with Crippen molar-refractivity contribution in [3.05, 3.63) is 48.0 Å². The molecule has 35 heavy (non-hydrogen) atoms. The fraction of sp³-hybridized carbons (Fsp3) is 0.538. The van der Waals surface area contributed by atoms with Gasteiger partial charge in [-0.3, -0.25) is 9.69 Å². The third-order valence-electron chi connectivity index (χ3n) is 6.68. The second-order valence-corrected chi connectivity index (χ2v) is 10.7. The lowest BCUT2D eigenvalue weighted by atomic mass is 9.84. The number of alkyl carbamates (subject to hydrolysis) is 1. The van der Waals surface area contributed by atoms with Gasteiger partial charge in [0.15, 0.2) is 11.6 Å². The molecule has 2 fully saturated rings. The zero-order valence-corrected chi connectivity index (χ0v) is 21.0. The number of benzene rings is 1. The van der Waals surface area contributed by atoms with Crippen molar-refractivity contribution in [3.63, 3.8) is 0 Å². The number of carbonyl (C=O) groups is 2. The molecule has 9 heteroatoms. The van der Waals surface area contributed by atoms with Crippen molar-refractivity contribution in [2.75, 3.05) is 20.6 Å². The molecule has 1 N–H and O–H groups in total. The third-order valence-corrected chi connectivity index (χ3v) is 6.68. The number of ether oxygens (including phenoxy) is 1. The zero-order valence-electron chi connectivity index (χ0n) is 21.0. The number of carbonyl (C=O) groups excluding carboxylic acids is 2. The van der Waals surface area contributed by atoms with E-state index in [1.54, 1.807) is 19.0 Å². The molecule has 2 aliphatic rings. The Morgan fingerprint density at radius 2 is 1.97 bits per heavy atom. The minimum atomic E-state index is -0.799. The molecule has 1 aromatic heterocycles. The molecule has 0 bridgehead atoms. The standard InChI is InChI=1S/C26H34FN5O3/c1-25(2,3)35-24(34)30-20-14-26(23(33)31(4)5,32-11-7-10-21(20)32)13-17-8-6-9-18(12-17)22-28-15-19(27)16-29-22/h6,8-9,12,15-16,20-21H,7,10-11,13-14H2,1-5H3,(H,30,34)/t20-,21+,26+/m1/s1. The molecule has 4 rings (SSSR count). The smallest absolute Gasteiger partial charge is 0.407 e. The Kier molecular flexibility index (Phi) is 6.81. The van der Waals surface area contributed by atoms with E-state index >= 15 is 0 Å². The van der Waals surface area contributed by atoms with Crippen LogP contribution < -0.4 is 5.32 Å². The molecule has 2 aromatic rings. The number of nitrogens with zero attached hydrogens (tertiary/aromatic N) is 4. The molecule has 8 nitrogen and oxygen atoms in total. The predicted octanol–water partition coefficient (Wildman–Crippen LogP) is 3.41. The predicted molar refractivity (Wildman–Crippen MR) is 130 cm³/mol. The highest BCUT2D eigenvalue weighted by molar-refractivity contribution is 5.87. The van der Waals surface area contributed by atoms with Crippen LogP contribution in [0.2, 0.25) is 0 Å². The minimum absolute atomic E-state index is 0.0151. The number of aromatic nitrogens is 2. The molecule has 3 atom stereocenters. The van der Waals surface area contributed by atoms with Gasteiger partial charge in [0.05, 0.1) is 18.4 Å². The van der Waals surface area contributed by atoms with Gasteiger partial charge in [-0.1, -0.05) is 18.2 Å². The monoisotopic (exact) mass is 483 g/mol. The normalized spacial score (nSPS) is 24.2. The van der Waals surface area contributed by atoms with Crippen molar-refractivity contribution in [2.45, 2.75) is 69.7 Å². The average molecular weight is 484 g/mol. The van der Waals surface area contributed by atoms with Crippen LogP contribution in [0.5, 0.6) is 0 Å². The van der Waals surface area contributed by atoms with Crippen LogP contribution in [0.3, 0.4) is 0 Å². The molecule has 0 aliphatic carbocycles. The first kappa shape index (κ1) is 25.0. The summed E-state index contributed by atoms with van der Waals surface area (Å²) in [7, 11) is 3.54. The number of hydrogen-bond acceptors (Lipinski definition) is 6. The summed E-state index contributed by atoms with van der Waals surface area (Å²) in [6.45, 7) is 6.29. The first-order valence-electron chi connectivity index (χ1n) is 12.0. The van der Waals surface area contributed by atoms with E-state index in [0.29, 0.717) is 18.7 Å². The summed E-state index contributed by atoms with van der Waals surface area (Å²) in [5.41, 5.74) is 0.313. The lowest BCUT2D eigenvalue weighted by Gasteiger charge is -2.38. The fourth-order valence-electron chi connectivity index (χ4n) is 5.46. The molecule has 2 amide bonds. The number of likely N-dealkylation sites (N-methyl/N-ethyl adjacent to an activating group) is 1. The van der Waals surface area contributed by atoms with Gasteiger partial charge in [0.1, 0.15) is 11.1 Å². The molecule has 0 saturated carbocycles. The largest absolute Gasteiger partial charge is 0.444 e. The van der Waals surface area contributed by atoms with Crippen LogP contribution in [0.4, 0.5) is 9.18 Å². The molecule has 1 aromatic carbocycles. The van der Waals surface area contributed by atoms with Crippen molar-refractivity contribution in [3.8, 4) is 11.4 Å². The van der Waals surface area contributed by atoms with E-state index in [0.717, 1.165) is 42.9 Å². The van der Waals surface area contributed by atoms with Crippen molar-refractivity contribution in [2.24, 2.45) is 0 Å². The molecule has 0 spiro atoms. The zero-order chi connectivity index (χ0) is 25.4. The average Bonchev–Trinajstić information content (AvgIpc) is 3.36. The molecular weight excluding hydrogens is 449 g/mol. The number of fused-ring (bicyclic) bond motifs is 1. The van der Waals surface area contributed by atoms with Crippen LogP contribution in [0.25, 0.3) is 11.4 Å². The fourth-order valence-corrected chi connectivity index (χ4v) is 5.46. The Morgan fingerprint density at radius 1 is 1.26 bits per heavy atom. The van der Waals surface area contributed by atoms with Gasteiger partial charge in [-0.25, -0.2) is 19.2 Å². The van der Waals surface area contributed by atoms with Crippen LogP contribution >= 0.6 is 0 Å². The highest BCUT2D eigenvalue weighted by atomic mass is 19.1. The molecule has 3 heterocycles. The summed E-state index contributed by atoms with van der Waals surface area (Å²) in [5.74, 6) is -0.0486. The molecule has 0 radical (unpaired) electrons. The second-order valence-electron chi connectivity index (χ2n) is 10.7. The number of hydrogen-bond donors (Lipinski definition) is 1. The van der Waals surface area contributed by atoms with Gasteiger partial charge >= 0.3 is 6.09 Å². The summed E-state index contributed by atoms with van der Waals surface area (Å²) < 4.78 is 18.8. The van der Waals surface area contributed by atoms with E-state index in [2.05, 4.69) is 20.2 Å². The molecule has 0 unspecified atom stereocenters. The summed E-state index contributed by atoms with van der Waals surface area (Å²) in [6, 6.07) is 7.58. The quantitative estimate of drug-likeness (QED) is 0.701. The summed E-state index contributed by atoms with van der Waals surface area (Å²) >= 11 is 0. The van der Waals surface area contributed by atoms with Crippen molar-refractivity contribution in [1.29, 1.82) is 0 Å². The number of halogens is 1. The van der Waals surface area contributed by atoms with Crippen LogP contribution in [0.15, 0.2) is 36.7 Å². The van der Waals surface area contributed by atoms with Gasteiger partial charge in [0.2, 0.25) is 5.91 Å². The Bertz CT molecular complexity index is 1090. The lowest BCUT2D eigenvalue weighted by molar-refractivity contribution is -0.140. The van der Waals surface area contributed by atoms with E-state index in [1.165, 1.54) is 0 Å². The van der Waals surface area contributed by atoms with Gasteiger partial charge in [0.25, 0.3) is 0 Å². The second kappa shape index (κ2) is 9.53. The van der Waals surface area contributed by atoms with Gasteiger partial charge in [-0.05, 0) is 64.6 Å². The minimum Gasteiger partial charge on any atom is -0.444 e. The van der Waals surface area contributed by atoms with E-state index in [-0.39, 0.29) is 18.0 Å². The first-order chi connectivity index (χ1) is 16.5. The van der Waals surface area contributed by atoms with Crippen LogP contribution in [0.1, 0.15) is 45.6 Å². The Balaban J connectivity index is 1.65. The molecule has 2 aliphatic heterocycles. The SMILES string of the molecule is CN(C)C(=O)[C@]1(Cc2cccc(-c3ncc(F)cn3)c2)C[C@@H](NC(=O)OC(C)(C)C)[C@@H]2CCCN21. The summed E-state index contributed by atoms with van der Waals surface area (Å²) in [6.07, 6.45) is 4.66. The number of nitrogens with one attached hydrogen (secondary N) is 1. The number of rotatable bonds is 5. The van der Waals surface area contributed by atoms with Crippen LogP contribution in [0, 0.1) is 5.82 Å². The van der Waals surface area contributed by atoms with Gasteiger partial charge < -0.3 is 15.0 Å². The van der Waals surface area contributed by atoms with Crippen molar-refractivity contribution in [1.82, 2.24) is 25.1 Å². The molecule has 2 saturated heterocycles. The Hall–Kier alpha value is -3.07. The summed E-state index contributed by atoms with van der Waals surface area (Å²) in [5, 5.41) is 3.05. The van der Waals surface area contributed by atoms with Gasteiger partial charge in [0, 0.05) is 25.7 Å². The molecule has 188 valence electrons. The Morgan fingerprint density at radius 3 is 2.63 bits per heavy atom. The highest BCUT2D eigenvalue weighted by Gasteiger charge is 2.58. The van der Waals surface area contributed by atoms with Crippen molar-refractivity contribution < 1.29 is 18.7 Å². The van der Waals surface area contributed by atoms with Gasteiger partial charge in [-0.15, -0.1) is 0 Å². The highest BCUT2D eigenvalue weighted by Crippen LogP contribution is 2.43. The van der Waals surface area contributed by atoms with Crippen LogP contribution in [-0.4, -0.2) is 75.6 Å². The Labute approximate surface area is 205 Å². The first-order valence-corrected chi connectivity index (χ1v) is 12.0. The third kappa shape index (κ3) is 5.29. The summed E-state index contributed by atoms with van der Waals surface area (Å²) in [4.78, 5) is 38.5. The van der Waals surface area contributed by atoms with Crippen LogP contribution in [-0.2, 0) is 16.0 Å². The van der Waals surface area contributed by atoms with E-state index in [9.17, 15) is 14.0 Å². The molecular formula is C26H34FN5O3. The van der Waals surface area contributed by atoms with E-state index in [1.807, 2.05) is 45.0 Å². The maximum atomic E-state index is 13.7. The van der Waals surface area contributed by atoms with E-state index in [4.69, 9.17) is 4.74 Å².